The Balaban J connectivity index is 2.45. The molecule has 2 amide bonds. The molecule has 1 aromatic carbocycles. The molecule has 0 aliphatic heterocycles. The summed E-state index contributed by atoms with van der Waals surface area (Å²) in [5, 5.41) is 9.25. The van der Waals surface area contributed by atoms with Crippen molar-refractivity contribution in [2.24, 2.45) is 5.73 Å². The van der Waals surface area contributed by atoms with Gasteiger partial charge in [-0.05, 0) is 39.2 Å². The second kappa shape index (κ2) is 8.47. The molecule has 0 bridgehead atoms. The van der Waals surface area contributed by atoms with Gasteiger partial charge in [0.15, 0.2) is 11.5 Å². The lowest BCUT2D eigenvalue weighted by Gasteiger charge is -2.25. The van der Waals surface area contributed by atoms with Gasteiger partial charge in [-0.1, -0.05) is 11.6 Å². The van der Waals surface area contributed by atoms with E-state index in [-0.39, 0.29) is 17.6 Å². The third-order valence-corrected chi connectivity index (χ3v) is 3.55. The van der Waals surface area contributed by atoms with Crippen molar-refractivity contribution < 1.29 is 9.53 Å². The SMILES string of the molecule is CC(CN(C)C)Oc1ccc(Cl)cc1N(C(N)=O)c1cnc(C#N)cn1. The van der Waals surface area contributed by atoms with Crippen LogP contribution < -0.4 is 15.4 Å². The van der Waals surface area contributed by atoms with Gasteiger partial charge in [0, 0.05) is 11.6 Å². The predicted molar refractivity (Wildman–Crippen MR) is 98.6 cm³/mol. The van der Waals surface area contributed by atoms with Crippen LogP contribution in [0.15, 0.2) is 30.6 Å². The summed E-state index contributed by atoms with van der Waals surface area (Å²) in [5.41, 5.74) is 6.02. The van der Waals surface area contributed by atoms with Crippen LogP contribution in [0.3, 0.4) is 0 Å². The summed E-state index contributed by atoms with van der Waals surface area (Å²) >= 11 is 6.10. The number of primary amides is 1. The van der Waals surface area contributed by atoms with Gasteiger partial charge in [-0.3, -0.25) is 0 Å². The third-order valence-electron chi connectivity index (χ3n) is 3.31. The molecule has 8 nitrogen and oxygen atoms in total. The molecule has 9 heteroatoms. The Morgan fingerprint density at radius 1 is 1.38 bits per heavy atom. The number of nitriles is 1. The molecule has 0 fully saturated rings. The number of benzene rings is 1. The van der Waals surface area contributed by atoms with Crippen LogP contribution in [0.25, 0.3) is 0 Å². The number of ether oxygens (including phenoxy) is 1. The molecule has 0 spiro atoms. The number of hydrogen-bond acceptors (Lipinski definition) is 6. The fourth-order valence-electron chi connectivity index (χ4n) is 2.38. The van der Waals surface area contributed by atoms with Gasteiger partial charge in [0.25, 0.3) is 0 Å². The first kappa shape index (κ1) is 19.4. The van der Waals surface area contributed by atoms with E-state index in [1.807, 2.05) is 32.0 Å². The summed E-state index contributed by atoms with van der Waals surface area (Å²) in [5.74, 6) is 0.581. The van der Waals surface area contributed by atoms with Gasteiger partial charge in [0.05, 0.1) is 18.1 Å². The van der Waals surface area contributed by atoms with E-state index in [0.717, 1.165) is 4.90 Å². The Morgan fingerprint density at radius 2 is 2.12 bits per heavy atom. The van der Waals surface area contributed by atoms with E-state index in [9.17, 15) is 4.79 Å². The van der Waals surface area contributed by atoms with E-state index >= 15 is 0 Å². The Labute approximate surface area is 156 Å². The molecule has 0 radical (unpaired) electrons. The Kier molecular flexibility index (Phi) is 6.33. The van der Waals surface area contributed by atoms with E-state index in [1.165, 1.54) is 12.4 Å². The monoisotopic (exact) mass is 374 g/mol. The summed E-state index contributed by atoms with van der Waals surface area (Å²) in [6, 6.07) is 5.97. The van der Waals surface area contributed by atoms with Crippen LogP contribution in [-0.2, 0) is 0 Å². The van der Waals surface area contributed by atoms with Crippen LogP contribution in [0.5, 0.6) is 5.75 Å². The summed E-state index contributed by atoms with van der Waals surface area (Å²) < 4.78 is 5.96. The van der Waals surface area contributed by atoms with Gasteiger partial charge < -0.3 is 15.4 Å². The zero-order chi connectivity index (χ0) is 19.3. The van der Waals surface area contributed by atoms with Gasteiger partial charge in [-0.15, -0.1) is 0 Å². The highest BCUT2D eigenvalue weighted by Gasteiger charge is 2.22. The number of nitrogens with zero attached hydrogens (tertiary/aromatic N) is 5. The molecule has 26 heavy (non-hydrogen) atoms. The van der Waals surface area contributed by atoms with Crippen LogP contribution in [0.4, 0.5) is 16.3 Å². The number of halogens is 1. The number of rotatable bonds is 6. The first-order chi connectivity index (χ1) is 12.3. The van der Waals surface area contributed by atoms with Gasteiger partial charge in [-0.2, -0.15) is 5.26 Å². The summed E-state index contributed by atoms with van der Waals surface area (Å²) in [4.78, 5) is 23.2. The molecule has 0 saturated heterocycles. The Hall–Kier alpha value is -2.89. The number of carbonyl (C=O) groups is 1. The van der Waals surface area contributed by atoms with Gasteiger partial charge in [0.2, 0.25) is 0 Å². The molecule has 136 valence electrons. The smallest absolute Gasteiger partial charge is 0.325 e. The molecule has 2 rings (SSSR count). The molecule has 0 saturated carbocycles. The lowest BCUT2D eigenvalue weighted by atomic mass is 10.2. The molecule has 2 N–H and O–H groups in total. The number of likely N-dealkylation sites (N-methyl/N-ethyl adjacent to an activating group) is 1. The van der Waals surface area contributed by atoms with Crippen LogP contribution >= 0.6 is 11.6 Å². The highest BCUT2D eigenvalue weighted by Crippen LogP contribution is 2.35. The maximum absolute atomic E-state index is 12.1. The van der Waals surface area contributed by atoms with Crippen molar-refractivity contribution in [3.05, 3.63) is 41.3 Å². The molecule has 1 atom stereocenters. The van der Waals surface area contributed by atoms with Crippen LogP contribution in [0.1, 0.15) is 12.6 Å². The number of nitrogens with two attached hydrogens (primary N) is 1. The minimum absolute atomic E-state index is 0.125. The van der Waals surface area contributed by atoms with E-state index in [0.29, 0.717) is 23.0 Å². The largest absolute Gasteiger partial charge is 0.487 e. The summed E-state index contributed by atoms with van der Waals surface area (Å²) in [6.07, 6.45) is 2.40. The second-order valence-corrected chi connectivity index (χ2v) is 6.28. The molecule has 1 unspecified atom stereocenters. The number of carbonyl (C=O) groups excluding carboxylic acids is 1. The minimum Gasteiger partial charge on any atom is -0.487 e. The first-order valence-electron chi connectivity index (χ1n) is 7.74. The fraction of sp³-hybridized carbons (Fsp3) is 0.294. The standard InChI is InChI=1S/C17H19ClN6O2/c1-11(10-23(2)3)26-15-5-4-12(18)6-14(15)24(17(20)25)16-9-21-13(7-19)8-22-16/h4-6,8-9,11H,10H2,1-3H3,(H2,20,25). The average Bonchev–Trinajstić information content (AvgIpc) is 2.57. The quantitative estimate of drug-likeness (QED) is 0.832. The predicted octanol–water partition coefficient (Wildman–Crippen LogP) is 2.55. The second-order valence-electron chi connectivity index (χ2n) is 5.85. The zero-order valence-corrected chi connectivity index (χ0v) is 15.4. The summed E-state index contributed by atoms with van der Waals surface area (Å²) in [6.45, 7) is 2.59. The van der Waals surface area contributed by atoms with Crippen LogP contribution in [-0.4, -0.2) is 47.6 Å². The van der Waals surface area contributed by atoms with Crippen LogP contribution in [0.2, 0.25) is 5.02 Å². The first-order valence-corrected chi connectivity index (χ1v) is 8.12. The van der Waals surface area contributed by atoms with E-state index < -0.39 is 6.03 Å². The number of aromatic nitrogens is 2. The number of urea groups is 1. The fourth-order valence-corrected chi connectivity index (χ4v) is 2.55. The average molecular weight is 375 g/mol. The van der Waals surface area contributed by atoms with Crippen molar-refractivity contribution in [3.8, 4) is 11.8 Å². The maximum atomic E-state index is 12.1. The number of hydrogen-bond donors (Lipinski definition) is 1. The molecular formula is C17H19ClN6O2. The molecular weight excluding hydrogens is 356 g/mol. The normalized spacial score (nSPS) is 11.7. The van der Waals surface area contributed by atoms with E-state index in [4.69, 9.17) is 27.3 Å². The molecule has 1 heterocycles. The van der Waals surface area contributed by atoms with Crippen molar-refractivity contribution in [3.63, 3.8) is 0 Å². The van der Waals surface area contributed by atoms with Gasteiger partial charge in [-0.25, -0.2) is 19.7 Å². The van der Waals surface area contributed by atoms with Crippen molar-refractivity contribution in [2.45, 2.75) is 13.0 Å². The Morgan fingerprint density at radius 3 is 2.65 bits per heavy atom. The number of amides is 2. The zero-order valence-electron chi connectivity index (χ0n) is 14.7. The highest BCUT2D eigenvalue weighted by molar-refractivity contribution is 6.31. The number of anilines is 2. The van der Waals surface area contributed by atoms with Crippen molar-refractivity contribution in [2.75, 3.05) is 25.5 Å². The molecule has 2 aromatic rings. The van der Waals surface area contributed by atoms with Crippen molar-refractivity contribution >= 4 is 29.1 Å². The van der Waals surface area contributed by atoms with Crippen molar-refractivity contribution in [1.29, 1.82) is 5.26 Å². The Bertz CT molecular complexity index is 819. The van der Waals surface area contributed by atoms with Crippen molar-refractivity contribution in [1.82, 2.24) is 14.9 Å². The minimum atomic E-state index is -0.781. The van der Waals surface area contributed by atoms with E-state index in [1.54, 1.807) is 18.2 Å². The van der Waals surface area contributed by atoms with Gasteiger partial charge >= 0.3 is 6.03 Å². The molecule has 0 aliphatic rings. The lowest BCUT2D eigenvalue weighted by molar-refractivity contribution is 0.177. The topological polar surface area (TPSA) is 108 Å². The van der Waals surface area contributed by atoms with E-state index in [2.05, 4.69) is 9.97 Å². The maximum Gasteiger partial charge on any atom is 0.325 e. The molecule has 1 aromatic heterocycles. The lowest BCUT2D eigenvalue weighted by Crippen LogP contribution is -2.33. The highest BCUT2D eigenvalue weighted by atomic mass is 35.5. The van der Waals surface area contributed by atoms with Gasteiger partial charge in [0.1, 0.15) is 17.9 Å². The molecule has 0 aliphatic carbocycles. The summed E-state index contributed by atoms with van der Waals surface area (Å²) in [7, 11) is 3.87. The van der Waals surface area contributed by atoms with Crippen LogP contribution in [0, 0.1) is 11.3 Å². The third kappa shape index (κ3) is 4.81.